The third kappa shape index (κ3) is 4.06. The Bertz CT molecular complexity index is 336. The summed E-state index contributed by atoms with van der Waals surface area (Å²) in [5, 5.41) is 3.47. The van der Waals surface area contributed by atoms with Crippen molar-refractivity contribution in [1.82, 2.24) is 20.2 Å². The van der Waals surface area contributed by atoms with Gasteiger partial charge in [0.2, 0.25) is 0 Å². The zero-order valence-electron chi connectivity index (χ0n) is 10.8. The Hall–Kier alpha value is -1.00. The van der Waals surface area contributed by atoms with E-state index in [1.807, 2.05) is 19.3 Å². The Morgan fingerprint density at radius 3 is 3.06 bits per heavy atom. The van der Waals surface area contributed by atoms with Gasteiger partial charge in [0.25, 0.3) is 0 Å². The lowest BCUT2D eigenvalue weighted by Crippen LogP contribution is -2.38. The first-order valence-corrected chi connectivity index (χ1v) is 6.44. The SMILES string of the molecule is Cc1cnc(CN2CCCNCC(C)C2)cn1. The van der Waals surface area contributed by atoms with Crippen LogP contribution in [0.2, 0.25) is 0 Å². The van der Waals surface area contributed by atoms with Gasteiger partial charge in [-0.1, -0.05) is 6.92 Å². The molecule has 1 N–H and O–H groups in total. The van der Waals surface area contributed by atoms with Gasteiger partial charge in [-0.25, -0.2) is 0 Å². The van der Waals surface area contributed by atoms with Gasteiger partial charge in [-0.15, -0.1) is 0 Å². The smallest absolute Gasteiger partial charge is 0.0727 e. The van der Waals surface area contributed by atoms with Crippen molar-refractivity contribution in [3.05, 3.63) is 23.8 Å². The molecule has 0 aromatic carbocycles. The molecule has 17 heavy (non-hydrogen) atoms. The number of hydrogen-bond donors (Lipinski definition) is 1. The molecule has 1 aromatic heterocycles. The Kier molecular flexibility index (Phi) is 4.45. The molecular formula is C13H22N4. The van der Waals surface area contributed by atoms with E-state index in [0.29, 0.717) is 5.92 Å². The van der Waals surface area contributed by atoms with E-state index in [2.05, 4.69) is 27.1 Å². The average Bonchev–Trinajstić information content (AvgIpc) is 2.28. The van der Waals surface area contributed by atoms with Gasteiger partial charge in [-0.05, 0) is 38.9 Å². The monoisotopic (exact) mass is 234 g/mol. The van der Waals surface area contributed by atoms with Crippen molar-refractivity contribution in [2.45, 2.75) is 26.8 Å². The summed E-state index contributed by atoms with van der Waals surface area (Å²) in [4.78, 5) is 11.2. The second-order valence-electron chi connectivity index (χ2n) is 5.05. The highest BCUT2D eigenvalue weighted by molar-refractivity contribution is 5.00. The minimum absolute atomic E-state index is 0.703. The third-order valence-corrected chi connectivity index (χ3v) is 3.11. The van der Waals surface area contributed by atoms with Crippen molar-refractivity contribution in [1.29, 1.82) is 0 Å². The van der Waals surface area contributed by atoms with Gasteiger partial charge in [0, 0.05) is 25.5 Å². The van der Waals surface area contributed by atoms with Crippen LogP contribution in [0.3, 0.4) is 0 Å². The van der Waals surface area contributed by atoms with E-state index in [-0.39, 0.29) is 0 Å². The molecule has 0 radical (unpaired) electrons. The van der Waals surface area contributed by atoms with E-state index < -0.39 is 0 Å². The molecule has 1 saturated heterocycles. The second kappa shape index (κ2) is 6.07. The van der Waals surface area contributed by atoms with E-state index in [4.69, 9.17) is 0 Å². The molecule has 1 fully saturated rings. The first-order valence-electron chi connectivity index (χ1n) is 6.44. The highest BCUT2D eigenvalue weighted by atomic mass is 15.1. The molecule has 0 aliphatic carbocycles. The fourth-order valence-electron chi connectivity index (χ4n) is 2.25. The molecule has 1 atom stereocenters. The Labute approximate surface area is 103 Å². The van der Waals surface area contributed by atoms with Crippen LogP contribution in [0.5, 0.6) is 0 Å². The Morgan fingerprint density at radius 2 is 2.29 bits per heavy atom. The zero-order valence-corrected chi connectivity index (χ0v) is 10.8. The zero-order chi connectivity index (χ0) is 12.1. The minimum atomic E-state index is 0.703. The first kappa shape index (κ1) is 12.5. The summed E-state index contributed by atoms with van der Waals surface area (Å²) in [6, 6.07) is 0. The predicted molar refractivity (Wildman–Crippen MR) is 68.7 cm³/mol. The van der Waals surface area contributed by atoms with Gasteiger partial charge in [-0.3, -0.25) is 14.9 Å². The molecule has 1 aliphatic rings. The lowest BCUT2D eigenvalue weighted by Gasteiger charge is -2.28. The van der Waals surface area contributed by atoms with Crippen LogP contribution in [0.15, 0.2) is 12.4 Å². The van der Waals surface area contributed by atoms with Crippen LogP contribution in [0.4, 0.5) is 0 Å². The van der Waals surface area contributed by atoms with Crippen molar-refractivity contribution >= 4 is 0 Å². The lowest BCUT2D eigenvalue weighted by atomic mass is 10.1. The van der Waals surface area contributed by atoms with Gasteiger partial charge >= 0.3 is 0 Å². The maximum atomic E-state index is 4.43. The molecule has 0 amide bonds. The molecule has 4 heteroatoms. The molecule has 1 aromatic rings. The number of nitrogens with zero attached hydrogens (tertiary/aromatic N) is 3. The van der Waals surface area contributed by atoms with Crippen LogP contribution in [0.25, 0.3) is 0 Å². The summed E-state index contributed by atoms with van der Waals surface area (Å²) in [6.45, 7) is 9.73. The van der Waals surface area contributed by atoms with Crippen molar-refractivity contribution in [2.75, 3.05) is 26.2 Å². The van der Waals surface area contributed by atoms with Gasteiger partial charge in [0.15, 0.2) is 0 Å². The number of hydrogen-bond acceptors (Lipinski definition) is 4. The molecule has 0 saturated carbocycles. The minimum Gasteiger partial charge on any atom is -0.316 e. The van der Waals surface area contributed by atoms with Crippen molar-refractivity contribution in [2.24, 2.45) is 5.92 Å². The van der Waals surface area contributed by atoms with Gasteiger partial charge in [0.1, 0.15) is 0 Å². The van der Waals surface area contributed by atoms with E-state index in [1.54, 1.807) is 0 Å². The average molecular weight is 234 g/mol. The fourth-order valence-corrected chi connectivity index (χ4v) is 2.25. The second-order valence-corrected chi connectivity index (χ2v) is 5.05. The molecular weight excluding hydrogens is 212 g/mol. The van der Waals surface area contributed by atoms with Crippen LogP contribution < -0.4 is 5.32 Å². The number of aryl methyl sites for hydroxylation is 1. The van der Waals surface area contributed by atoms with E-state index in [0.717, 1.165) is 44.1 Å². The summed E-state index contributed by atoms with van der Waals surface area (Å²) in [6.07, 6.45) is 4.97. The molecule has 2 heterocycles. The molecule has 4 nitrogen and oxygen atoms in total. The molecule has 0 spiro atoms. The summed E-state index contributed by atoms with van der Waals surface area (Å²) in [5.41, 5.74) is 2.07. The van der Waals surface area contributed by atoms with Crippen LogP contribution in [0, 0.1) is 12.8 Å². The number of aromatic nitrogens is 2. The Morgan fingerprint density at radius 1 is 1.41 bits per heavy atom. The summed E-state index contributed by atoms with van der Waals surface area (Å²) < 4.78 is 0. The summed E-state index contributed by atoms with van der Waals surface area (Å²) in [5.74, 6) is 0.703. The third-order valence-electron chi connectivity index (χ3n) is 3.11. The highest BCUT2D eigenvalue weighted by Crippen LogP contribution is 2.07. The molecule has 1 unspecified atom stereocenters. The maximum Gasteiger partial charge on any atom is 0.0727 e. The normalized spacial score (nSPS) is 23.1. The first-order chi connectivity index (χ1) is 8.24. The quantitative estimate of drug-likeness (QED) is 0.835. The van der Waals surface area contributed by atoms with E-state index in [1.165, 1.54) is 6.42 Å². The number of nitrogens with one attached hydrogen (secondary N) is 1. The molecule has 2 rings (SSSR count). The van der Waals surface area contributed by atoms with Crippen LogP contribution >= 0.6 is 0 Å². The van der Waals surface area contributed by atoms with Gasteiger partial charge < -0.3 is 5.32 Å². The van der Waals surface area contributed by atoms with Crippen LogP contribution in [-0.4, -0.2) is 41.0 Å². The summed E-state index contributed by atoms with van der Waals surface area (Å²) in [7, 11) is 0. The predicted octanol–water partition coefficient (Wildman–Crippen LogP) is 1.22. The standard InChI is InChI=1S/C13H22N4/c1-11-6-14-4-3-5-17(9-11)10-13-8-15-12(2)7-16-13/h7-8,11,14H,3-6,9-10H2,1-2H3. The topological polar surface area (TPSA) is 41.1 Å². The van der Waals surface area contributed by atoms with E-state index >= 15 is 0 Å². The summed E-state index contributed by atoms with van der Waals surface area (Å²) >= 11 is 0. The van der Waals surface area contributed by atoms with Crippen LogP contribution in [0.1, 0.15) is 24.7 Å². The van der Waals surface area contributed by atoms with Crippen molar-refractivity contribution in [3.8, 4) is 0 Å². The van der Waals surface area contributed by atoms with Gasteiger partial charge in [0.05, 0.1) is 11.4 Å². The van der Waals surface area contributed by atoms with Gasteiger partial charge in [-0.2, -0.15) is 0 Å². The van der Waals surface area contributed by atoms with Crippen molar-refractivity contribution in [3.63, 3.8) is 0 Å². The highest BCUT2D eigenvalue weighted by Gasteiger charge is 2.13. The largest absolute Gasteiger partial charge is 0.316 e. The number of rotatable bonds is 2. The Balaban J connectivity index is 1.93. The van der Waals surface area contributed by atoms with E-state index in [9.17, 15) is 0 Å². The van der Waals surface area contributed by atoms with Crippen LogP contribution in [-0.2, 0) is 6.54 Å². The molecule has 0 bridgehead atoms. The molecule has 94 valence electrons. The maximum absolute atomic E-state index is 4.43. The molecule has 1 aliphatic heterocycles. The lowest BCUT2D eigenvalue weighted by molar-refractivity contribution is 0.206. The fraction of sp³-hybridized carbons (Fsp3) is 0.692. The van der Waals surface area contributed by atoms with Crippen molar-refractivity contribution < 1.29 is 0 Å².